The van der Waals surface area contributed by atoms with Crippen LogP contribution >= 0.6 is 0 Å². The van der Waals surface area contributed by atoms with Gasteiger partial charge in [-0.1, -0.05) is 25.0 Å². The Morgan fingerprint density at radius 1 is 1.41 bits per heavy atom. The minimum atomic E-state index is -0.630. The maximum atomic E-state index is 10.3. The molecule has 0 heterocycles. The summed E-state index contributed by atoms with van der Waals surface area (Å²) in [5.74, 6) is 1.54. The summed E-state index contributed by atoms with van der Waals surface area (Å²) in [5.41, 5.74) is 0.819. The third-order valence-electron chi connectivity index (χ3n) is 3.94. The van der Waals surface area contributed by atoms with E-state index >= 15 is 0 Å². The van der Waals surface area contributed by atoms with Crippen molar-refractivity contribution in [1.29, 1.82) is 0 Å². The fourth-order valence-corrected chi connectivity index (χ4v) is 2.72. The van der Waals surface area contributed by atoms with E-state index in [1.165, 1.54) is 25.7 Å². The zero-order valence-electron chi connectivity index (χ0n) is 13.5. The minimum absolute atomic E-state index is 0.329. The van der Waals surface area contributed by atoms with E-state index < -0.39 is 6.10 Å². The monoisotopic (exact) mass is 305 g/mol. The van der Waals surface area contributed by atoms with Gasteiger partial charge in [0, 0.05) is 12.6 Å². The van der Waals surface area contributed by atoms with Crippen LogP contribution < -0.4 is 15.4 Å². The Morgan fingerprint density at radius 2 is 2.18 bits per heavy atom. The van der Waals surface area contributed by atoms with Gasteiger partial charge in [-0.15, -0.1) is 0 Å². The molecule has 0 radical (unpaired) electrons. The van der Waals surface area contributed by atoms with E-state index in [0.717, 1.165) is 23.8 Å². The highest BCUT2D eigenvalue weighted by Crippen LogP contribution is 2.20. The van der Waals surface area contributed by atoms with Crippen LogP contribution in [0.15, 0.2) is 29.3 Å². The first-order valence-corrected chi connectivity index (χ1v) is 8.09. The van der Waals surface area contributed by atoms with Gasteiger partial charge in [-0.2, -0.15) is 0 Å². The van der Waals surface area contributed by atoms with Gasteiger partial charge in [-0.3, -0.25) is 4.99 Å². The molecule has 0 bridgehead atoms. The molecule has 0 aliphatic heterocycles. The molecule has 0 amide bonds. The molecule has 5 nitrogen and oxygen atoms in total. The van der Waals surface area contributed by atoms with E-state index in [1.54, 1.807) is 7.11 Å². The van der Waals surface area contributed by atoms with Gasteiger partial charge < -0.3 is 20.5 Å². The molecule has 0 spiro atoms. The molecular formula is C17H27N3O2. The van der Waals surface area contributed by atoms with E-state index in [-0.39, 0.29) is 0 Å². The highest BCUT2D eigenvalue weighted by molar-refractivity contribution is 5.80. The Labute approximate surface area is 132 Å². The normalized spacial score (nSPS) is 17.3. The summed E-state index contributed by atoms with van der Waals surface area (Å²) in [6, 6.07) is 7.98. The number of guanidine groups is 1. The van der Waals surface area contributed by atoms with Crippen LogP contribution in [0.4, 0.5) is 0 Å². The summed E-state index contributed by atoms with van der Waals surface area (Å²) in [6.45, 7) is 3.19. The van der Waals surface area contributed by atoms with E-state index in [2.05, 4.69) is 15.6 Å². The Bertz CT molecular complexity index is 485. The Morgan fingerprint density at radius 3 is 2.86 bits per heavy atom. The number of methoxy groups -OCH3 is 1. The molecule has 1 fully saturated rings. The summed E-state index contributed by atoms with van der Waals surface area (Å²) < 4.78 is 5.19. The number of aliphatic hydroxyl groups is 1. The molecule has 122 valence electrons. The second kappa shape index (κ2) is 8.63. The molecule has 1 unspecified atom stereocenters. The van der Waals surface area contributed by atoms with Gasteiger partial charge >= 0.3 is 0 Å². The first kappa shape index (κ1) is 16.6. The molecule has 1 atom stereocenters. The van der Waals surface area contributed by atoms with Crippen LogP contribution in [0.5, 0.6) is 5.75 Å². The van der Waals surface area contributed by atoms with Crippen molar-refractivity contribution >= 4 is 5.96 Å². The van der Waals surface area contributed by atoms with Gasteiger partial charge in [0.25, 0.3) is 0 Å². The third kappa shape index (κ3) is 4.91. The lowest BCUT2D eigenvalue weighted by Gasteiger charge is -2.17. The number of hydrogen-bond acceptors (Lipinski definition) is 3. The highest BCUT2D eigenvalue weighted by atomic mass is 16.5. The van der Waals surface area contributed by atoms with Gasteiger partial charge in [0.15, 0.2) is 5.96 Å². The van der Waals surface area contributed by atoms with E-state index in [4.69, 9.17) is 4.74 Å². The summed E-state index contributed by atoms with van der Waals surface area (Å²) in [6.07, 6.45) is 4.33. The van der Waals surface area contributed by atoms with Crippen molar-refractivity contribution in [2.75, 3.05) is 20.2 Å². The lowest BCUT2D eigenvalue weighted by Crippen LogP contribution is -2.42. The van der Waals surface area contributed by atoms with Crippen LogP contribution in [0.2, 0.25) is 0 Å². The average molecular weight is 305 g/mol. The molecule has 2 rings (SSSR count). The van der Waals surface area contributed by atoms with Gasteiger partial charge in [-0.25, -0.2) is 0 Å². The minimum Gasteiger partial charge on any atom is -0.497 e. The van der Waals surface area contributed by atoms with Crippen molar-refractivity contribution in [1.82, 2.24) is 10.6 Å². The molecule has 1 aliphatic carbocycles. The summed E-state index contributed by atoms with van der Waals surface area (Å²) >= 11 is 0. The molecule has 22 heavy (non-hydrogen) atoms. The highest BCUT2D eigenvalue weighted by Gasteiger charge is 2.16. The van der Waals surface area contributed by atoms with Gasteiger partial charge in [0.1, 0.15) is 5.75 Å². The van der Waals surface area contributed by atoms with Crippen molar-refractivity contribution in [3.63, 3.8) is 0 Å². The van der Waals surface area contributed by atoms with E-state index in [9.17, 15) is 5.11 Å². The third-order valence-corrected chi connectivity index (χ3v) is 3.94. The smallest absolute Gasteiger partial charge is 0.191 e. The topological polar surface area (TPSA) is 65.9 Å². The first-order valence-electron chi connectivity index (χ1n) is 8.09. The fraction of sp³-hybridized carbons (Fsp3) is 0.588. The van der Waals surface area contributed by atoms with E-state index in [1.807, 2.05) is 31.2 Å². The number of nitrogens with zero attached hydrogens (tertiary/aromatic N) is 1. The maximum absolute atomic E-state index is 10.3. The number of hydrogen-bond donors (Lipinski definition) is 3. The first-order chi connectivity index (χ1) is 10.7. The standard InChI is InChI=1S/C17H27N3O2/c1-3-18-17(20-14-8-4-5-9-14)19-12-16(21)13-7-6-10-15(11-13)22-2/h6-7,10-11,14,16,21H,3-5,8-9,12H2,1-2H3,(H2,18,19,20). The van der Waals surface area contributed by atoms with Crippen LogP contribution in [0.3, 0.4) is 0 Å². The zero-order valence-corrected chi connectivity index (χ0v) is 13.5. The SMILES string of the molecule is CCNC(=NCC(O)c1cccc(OC)c1)NC1CCCC1. The average Bonchev–Trinajstić information content (AvgIpc) is 3.05. The second-order valence-electron chi connectivity index (χ2n) is 5.64. The zero-order chi connectivity index (χ0) is 15.8. The summed E-state index contributed by atoms with van der Waals surface area (Å²) in [5, 5.41) is 17.0. The molecule has 1 aliphatic rings. The molecule has 0 aromatic heterocycles. The van der Waals surface area contributed by atoms with Crippen LogP contribution in [-0.2, 0) is 0 Å². The van der Waals surface area contributed by atoms with E-state index in [0.29, 0.717) is 12.6 Å². The molecule has 3 N–H and O–H groups in total. The quantitative estimate of drug-likeness (QED) is 0.557. The number of rotatable bonds is 6. The van der Waals surface area contributed by atoms with Crippen LogP contribution in [0.25, 0.3) is 0 Å². The molecule has 1 aromatic carbocycles. The van der Waals surface area contributed by atoms with Gasteiger partial charge in [0.2, 0.25) is 0 Å². The predicted molar refractivity (Wildman–Crippen MR) is 89.3 cm³/mol. The summed E-state index contributed by atoms with van der Waals surface area (Å²) in [7, 11) is 1.62. The van der Waals surface area contributed by atoms with Crippen molar-refractivity contribution in [3.05, 3.63) is 29.8 Å². The second-order valence-corrected chi connectivity index (χ2v) is 5.64. The lowest BCUT2D eigenvalue weighted by molar-refractivity contribution is 0.186. The number of benzene rings is 1. The van der Waals surface area contributed by atoms with Crippen molar-refractivity contribution < 1.29 is 9.84 Å². The molecular weight excluding hydrogens is 278 g/mol. The molecule has 5 heteroatoms. The number of aliphatic hydroxyl groups excluding tert-OH is 1. The number of aliphatic imine (C=N–C) groups is 1. The van der Waals surface area contributed by atoms with Gasteiger partial charge in [0.05, 0.1) is 19.8 Å². The Balaban J connectivity index is 1.95. The largest absolute Gasteiger partial charge is 0.497 e. The van der Waals surface area contributed by atoms with Crippen molar-refractivity contribution in [2.45, 2.75) is 44.8 Å². The number of ether oxygens (including phenoxy) is 1. The van der Waals surface area contributed by atoms with Gasteiger partial charge in [-0.05, 0) is 37.5 Å². The van der Waals surface area contributed by atoms with Crippen LogP contribution in [0, 0.1) is 0 Å². The fourth-order valence-electron chi connectivity index (χ4n) is 2.72. The van der Waals surface area contributed by atoms with Crippen molar-refractivity contribution in [3.8, 4) is 5.75 Å². The molecule has 0 saturated heterocycles. The Kier molecular flexibility index (Phi) is 6.52. The Hall–Kier alpha value is -1.75. The lowest BCUT2D eigenvalue weighted by atomic mass is 10.1. The van der Waals surface area contributed by atoms with Crippen LogP contribution in [0.1, 0.15) is 44.3 Å². The molecule has 1 saturated carbocycles. The van der Waals surface area contributed by atoms with Crippen molar-refractivity contribution in [2.24, 2.45) is 4.99 Å². The summed E-state index contributed by atoms with van der Waals surface area (Å²) in [4.78, 5) is 4.51. The molecule has 1 aromatic rings. The number of nitrogens with one attached hydrogen (secondary N) is 2. The maximum Gasteiger partial charge on any atom is 0.191 e. The van der Waals surface area contributed by atoms with Crippen LogP contribution in [-0.4, -0.2) is 37.3 Å². The predicted octanol–water partition coefficient (Wildman–Crippen LogP) is 2.23.